The first-order chi connectivity index (χ1) is 14.1. The van der Waals surface area contributed by atoms with Crippen molar-refractivity contribution in [3.05, 3.63) is 18.2 Å². The van der Waals surface area contributed by atoms with E-state index >= 15 is 0 Å². The van der Waals surface area contributed by atoms with Gasteiger partial charge in [0.2, 0.25) is 12.7 Å². The van der Waals surface area contributed by atoms with Crippen molar-refractivity contribution in [3.63, 3.8) is 0 Å². The fourth-order valence-corrected chi connectivity index (χ4v) is 5.91. The van der Waals surface area contributed by atoms with Gasteiger partial charge in [-0.3, -0.25) is 9.79 Å². The van der Waals surface area contributed by atoms with E-state index in [9.17, 15) is 15.0 Å². The van der Waals surface area contributed by atoms with Gasteiger partial charge < -0.3 is 29.9 Å². The lowest BCUT2D eigenvalue weighted by atomic mass is 9.80. The van der Waals surface area contributed by atoms with Crippen molar-refractivity contribution in [2.75, 3.05) is 25.2 Å². The largest absolute Gasteiger partial charge is 0.454 e. The topological polar surface area (TPSA) is 104 Å². The molecule has 1 aliphatic carbocycles. The Morgan fingerprint density at radius 2 is 1.97 bits per heavy atom. The monoisotopic (exact) mass is 419 g/mol. The van der Waals surface area contributed by atoms with Gasteiger partial charge in [0.15, 0.2) is 16.7 Å². The average molecular weight is 420 g/mol. The Bertz CT molecular complexity index is 828. The molecule has 5 rings (SSSR count). The predicted molar refractivity (Wildman–Crippen MR) is 109 cm³/mol. The number of ether oxygens (including phenoxy) is 2. The van der Waals surface area contributed by atoms with Gasteiger partial charge in [-0.2, -0.15) is 0 Å². The fraction of sp³-hybridized carbons (Fsp3) is 0.600. The lowest BCUT2D eigenvalue weighted by Crippen LogP contribution is -2.55. The summed E-state index contributed by atoms with van der Waals surface area (Å²) in [7, 11) is 0. The van der Waals surface area contributed by atoms with E-state index in [4.69, 9.17) is 9.47 Å². The van der Waals surface area contributed by atoms with Crippen molar-refractivity contribution < 1.29 is 24.5 Å². The van der Waals surface area contributed by atoms with Gasteiger partial charge in [-0.15, -0.1) is 0 Å². The van der Waals surface area contributed by atoms with Crippen molar-refractivity contribution >= 4 is 28.5 Å². The Hall–Kier alpha value is -1.97. The summed E-state index contributed by atoms with van der Waals surface area (Å²) in [6, 6.07) is 5.05. The van der Waals surface area contributed by atoms with Crippen LogP contribution in [0, 0.1) is 5.92 Å². The molecule has 29 heavy (non-hydrogen) atoms. The molecule has 4 aliphatic rings. The second-order valence-corrected chi connectivity index (χ2v) is 9.15. The summed E-state index contributed by atoms with van der Waals surface area (Å²) < 4.78 is 10.7. The number of aliphatic imine (C=N–C) groups is 1. The van der Waals surface area contributed by atoms with Crippen LogP contribution in [0.4, 0.5) is 5.69 Å². The molecule has 1 aromatic rings. The summed E-state index contributed by atoms with van der Waals surface area (Å²) >= 11 is 1.48. The molecule has 1 saturated carbocycles. The second-order valence-electron chi connectivity index (χ2n) is 7.99. The third-order valence-corrected chi connectivity index (χ3v) is 7.41. The third kappa shape index (κ3) is 3.55. The number of fused-ring (bicyclic) bond motifs is 2. The summed E-state index contributed by atoms with van der Waals surface area (Å²) in [4.78, 5) is 19.7. The average Bonchev–Trinajstić information content (AvgIpc) is 3.37. The number of hydrogen-bond acceptors (Lipinski definition) is 8. The number of likely N-dealkylation sites (tertiary alicyclic amines) is 1. The van der Waals surface area contributed by atoms with Gasteiger partial charge in [-0.25, -0.2) is 0 Å². The molecule has 5 unspecified atom stereocenters. The highest BCUT2D eigenvalue weighted by atomic mass is 32.2. The molecule has 0 aromatic heterocycles. The number of hydrogen-bond donors (Lipinski definition) is 3. The van der Waals surface area contributed by atoms with Crippen molar-refractivity contribution in [3.8, 4) is 11.5 Å². The molecule has 3 N–H and O–H groups in total. The van der Waals surface area contributed by atoms with Crippen molar-refractivity contribution in [1.29, 1.82) is 0 Å². The maximum absolute atomic E-state index is 13.2. The number of carbonyl (C=O) groups is 1. The highest BCUT2D eigenvalue weighted by Crippen LogP contribution is 2.43. The number of carbonyl (C=O) groups excluding carboxylic acids is 1. The molecule has 3 heterocycles. The van der Waals surface area contributed by atoms with Gasteiger partial charge in [0, 0.05) is 30.1 Å². The van der Waals surface area contributed by atoms with Gasteiger partial charge >= 0.3 is 0 Å². The molecule has 9 heteroatoms. The van der Waals surface area contributed by atoms with Gasteiger partial charge in [-0.1, -0.05) is 11.8 Å². The minimum absolute atomic E-state index is 0.0812. The number of aliphatic hydroxyl groups excluding tert-OH is 2. The summed E-state index contributed by atoms with van der Waals surface area (Å²) in [6.07, 6.45) is 1.58. The van der Waals surface area contributed by atoms with Crippen LogP contribution in [0.5, 0.6) is 11.5 Å². The number of anilines is 1. The van der Waals surface area contributed by atoms with E-state index in [-0.39, 0.29) is 30.3 Å². The number of amides is 1. The molecule has 8 nitrogen and oxygen atoms in total. The first-order valence-corrected chi connectivity index (χ1v) is 11.0. The summed E-state index contributed by atoms with van der Waals surface area (Å²) in [5, 5.41) is 24.6. The van der Waals surface area contributed by atoms with Gasteiger partial charge in [0.1, 0.15) is 6.10 Å². The van der Waals surface area contributed by atoms with E-state index in [0.717, 1.165) is 38.0 Å². The lowest BCUT2D eigenvalue weighted by Gasteiger charge is -2.40. The summed E-state index contributed by atoms with van der Waals surface area (Å²) in [5.41, 5.74) is 0.799. The molecule has 2 fully saturated rings. The van der Waals surface area contributed by atoms with Crippen LogP contribution in [0.2, 0.25) is 0 Å². The molecule has 0 radical (unpaired) electrons. The molecule has 0 bridgehead atoms. The quantitative estimate of drug-likeness (QED) is 0.666. The van der Waals surface area contributed by atoms with Crippen LogP contribution in [-0.2, 0) is 4.79 Å². The van der Waals surface area contributed by atoms with Crippen LogP contribution < -0.4 is 14.8 Å². The summed E-state index contributed by atoms with van der Waals surface area (Å²) in [6.45, 7) is 1.77. The molecular formula is C20H25N3O5S. The normalized spacial score (nSPS) is 33.2. The minimum Gasteiger partial charge on any atom is -0.454 e. The zero-order chi connectivity index (χ0) is 20.0. The lowest BCUT2D eigenvalue weighted by molar-refractivity contribution is -0.141. The number of benzene rings is 1. The number of nitrogens with one attached hydrogen (secondary N) is 1. The number of rotatable bonds is 2. The maximum Gasteiger partial charge on any atom is 0.231 e. The molecule has 0 spiro atoms. The number of amidine groups is 1. The smallest absolute Gasteiger partial charge is 0.231 e. The fourth-order valence-electron chi connectivity index (χ4n) is 4.54. The van der Waals surface area contributed by atoms with Gasteiger partial charge in [0.25, 0.3) is 0 Å². The minimum atomic E-state index is -0.964. The summed E-state index contributed by atoms with van der Waals surface area (Å²) in [5.74, 6) is 1.11. The first kappa shape index (κ1) is 19.0. The second kappa shape index (κ2) is 7.70. The molecule has 1 amide bonds. The van der Waals surface area contributed by atoms with Crippen LogP contribution in [0.15, 0.2) is 23.2 Å². The SMILES string of the molecule is O=C(C1CC(O)C(O)C2N=C(Nc3ccc4c(c3)OCO4)SC12)N1CCCCC1. The van der Waals surface area contributed by atoms with E-state index in [1.165, 1.54) is 11.8 Å². The van der Waals surface area contributed by atoms with E-state index in [2.05, 4.69) is 10.3 Å². The van der Waals surface area contributed by atoms with Gasteiger partial charge in [-0.05, 0) is 37.8 Å². The highest BCUT2D eigenvalue weighted by molar-refractivity contribution is 8.15. The van der Waals surface area contributed by atoms with E-state index in [1.807, 2.05) is 23.1 Å². The molecule has 1 saturated heterocycles. The van der Waals surface area contributed by atoms with Gasteiger partial charge in [0.05, 0.1) is 18.1 Å². The van der Waals surface area contributed by atoms with E-state index in [1.54, 1.807) is 0 Å². The molecule has 1 aromatic carbocycles. The maximum atomic E-state index is 13.2. The highest BCUT2D eigenvalue weighted by Gasteiger charge is 2.51. The predicted octanol–water partition coefficient (Wildman–Crippen LogP) is 1.42. The number of piperidine rings is 1. The van der Waals surface area contributed by atoms with Crippen LogP contribution in [0.1, 0.15) is 25.7 Å². The Balaban J connectivity index is 1.33. The Morgan fingerprint density at radius 1 is 1.17 bits per heavy atom. The van der Waals surface area contributed by atoms with Crippen molar-refractivity contribution in [1.82, 2.24) is 4.90 Å². The Labute approximate surface area is 173 Å². The third-order valence-electron chi connectivity index (χ3n) is 6.10. The van der Waals surface area contributed by atoms with Crippen LogP contribution in [0.3, 0.4) is 0 Å². The Kier molecular flexibility index (Phi) is 5.05. The standard InChI is InChI=1S/C20H25N3O5S/c24-13-9-12(19(26)23-6-2-1-3-7-23)18-16(17(13)25)22-20(29-18)21-11-4-5-14-15(8-11)28-10-27-14/h4-5,8,12-13,16-18,24-25H,1-3,6-7,9-10H2,(H,21,22). The first-order valence-electron chi connectivity index (χ1n) is 10.2. The molecular weight excluding hydrogens is 394 g/mol. The molecule has 156 valence electrons. The van der Waals surface area contributed by atoms with Crippen molar-refractivity contribution in [2.45, 2.75) is 49.2 Å². The van der Waals surface area contributed by atoms with Crippen LogP contribution >= 0.6 is 11.8 Å². The number of aliphatic hydroxyl groups is 2. The zero-order valence-corrected chi connectivity index (χ0v) is 16.8. The molecule has 5 atom stereocenters. The van der Waals surface area contributed by atoms with Crippen LogP contribution in [0.25, 0.3) is 0 Å². The molecule has 3 aliphatic heterocycles. The van der Waals surface area contributed by atoms with Crippen LogP contribution in [-0.4, -0.2) is 69.6 Å². The number of nitrogens with zero attached hydrogens (tertiary/aromatic N) is 2. The number of thioether (sulfide) groups is 1. The van der Waals surface area contributed by atoms with Crippen molar-refractivity contribution in [2.24, 2.45) is 10.9 Å². The zero-order valence-electron chi connectivity index (χ0n) is 16.0. The Morgan fingerprint density at radius 3 is 2.79 bits per heavy atom. The van der Waals surface area contributed by atoms with E-state index < -0.39 is 18.2 Å². The van der Waals surface area contributed by atoms with E-state index in [0.29, 0.717) is 16.7 Å².